The van der Waals surface area contributed by atoms with Gasteiger partial charge in [0.05, 0.1) is 23.7 Å². The molecule has 0 bridgehead atoms. The van der Waals surface area contributed by atoms with Crippen molar-refractivity contribution in [2.45, 2.75) is 25.3 Å². The first-order valence-corrected chi connectivity index (χ1v) is 10.7. The Morgan fingerprint density at radius 1 is 1.08 bits per heavy atom. The van der Waals surface area contributed by atoms with Crippen LogP contribution in [0.5, 0.6) is 0 Å². The highest BCUT2D eigenvalue weighted by atomic mass is 32.2. The lowest BCUT2D eigenvalue weighted by atomic mass is 10.0. The third kappa shape index (κ3) is 3.29. The molecule has 25 heavy (non-hydrogen) atoms. The van der Waals surface area contributed by atoms with E-state index in [1.54, 1.807) is 0 Å². The van der Waals surface area contributed by atoms with Crippen LogP contribution in [0.25, 0.3) is 11.1 Å². The molecule has 1 fully saturated rings. The predicted octanol–water partition coefficient (Wildman–Crippen LogP) is 3.07. The third-order valence-electron chi connectivity index (χ3n) is 4.93. The maximum Gasteiger partial charge on any atom is 0.235 e. The SMILES string of the molecule is O=S1(=O)CCCN1c1cccc(-c2ccc3c(c2)CC(NSO)C3)c1. The van der Waals surface area contributed by atoms with Crippen LogP contribution in [0.4, 0.5) is 5.69 Å². The molecule has 1 saturated heterocycles. The lowest BCUT2D eigenvalue weighted by Gasteiger charge is -2.18. The second-order valence-corrected chi connectivity index (χ2v) is 9.02. The summed E-state index contributed by atoms with van der Waals surface area (Å²) < 4.78 is 37.8. The number of benzene rings is 2. The van der Waals surface area contributed by atoms with E-state index in [-0.39, 0.29) is 11.8 Å². The number of fused-ring (bicyclic) bond motifs is 1. The molecular weight excluding hydrogens is 356 g/mol. The van der Waals surface area contributed by atoms with Crippen LogP contribution in [0.15, 0.2) is 42.5 Å². The fraction of sp³-hybridized carbons (Fsp3) is 0.333. The summed E-state index contributed by atoms with van der Waals surface area (Å²) in [6, 6.07) is 14.4. The van der Waals surface area contributed by atoms with Crippen molar-refractivity contribution in [3.8, 4) is 11.1 Å². The van der Waals surface area contributed by atoms with Crippen LogP contribution in [0.2, 0.25) is 0 Å². The van der Waals surface area contributed by atoms with Crippen molar-refractivity contribution in [2.75, 3.05) is 16.6 Å². The zero-order chi connectivity index (χ0) is 17.4. The predicted molar refractivity (Wildman–Crippen MR) is 102 cm³/mol. The van der Waals surface area contributed by atoms with E-state index < -0.39 is 10.0 Å². The van der Waals surface area contributed by atoms with E-state index in [0.717, 1.165) is 29.7 Å². The number of rotatable bonds is 4. The molecule has 2 N–H and O–H groups in total. The Hall–Kier alpha value is -1.54. The van der Waals surface area contributed by atoms with Gasteiger partial charge in [-0.3, -0.25) is 4.31 Å². The van der Waals surface area contributed by atoms with Crippen LogP contribution < -0.4 is 9.03 Å². The van der Waals surface area contributed by atoms with Gasteiger partial charge in [0.25, 0.3) is 0 Å². The number of nitrogens with one attached hydrogen (secondary N) is 1. The number of sulfonamides is 1. The molecule has 7 heteroatoms. The summed E-state index contributed by atoms with van der Waals surface area (Å²) in [6.07, 6.45) is 2.48. The van der Waals surface area contributed by atoms with E-state index in [9.17, 15) is 8.42 Å². The van der Waals surface area contributed by atoms with Crippen molar-refractivity contribution in [3.05, 3.63) is 53.6 Å². The molecule has 1 heterocycles. The minimum atomic E-state index is -3.16. The van der Waals surface area contributed by atoms with E-state index >= 15 is 0 Å². The Balaban J connectivity index is 1.64. The fourth-order valence-electron chi connectivity index (χ4n) is 3.73. The van der Waals surface area contributed by atoms with Crippen LogP contribution in [0.1, 0.15) is 17.5 Å². The van der Waals surface area contributed by atoms with Crippen LogP contribution in [-0.4, -0.2) is 31.3 Å². The Morgan fingerprint density at radius 3 is 2.64 bits per heavy atom. The van der Waals surface area contributed by atoms with Crippen LogP contribution in [-0.2, 0) is 22.9 Å². The maximum atomic E-state index is 12.2. The van der Waals surface area contributed by atoms with Crippen LogP contribution in [0.3, 0.4) is 0 Å². The number of nitrogens with zero attached hydrogens (tertiary/aromatic N) is 1. The smallest absolute Gasteiger partial charge is 0.235 e. The normalized spacial score (nSPS) is 21.5. The van der Waals surface area contributed by atoms with Crippen molar-refractivity contribution >= 4 is 27.9 Å². The van der Waals surface area contributed by atoms with E-state index in [1.807, 2.05) is 24.3 Å². The minimum absolute atomic E-state index is 0.229. The Morgan fingerprint density at radius 2 is 1.88 bits per heavy atom. The molecule has 1 aliphatic heterocycles. The average Bonchev–Trinajstić information content (AvgIpc) is 3.16. The lowest BCUT2D eigenvalue weighted by molar-refractivity contribution is 0.599. The highest BCUT2D eigenvalue weighted by Gasteiger charge is 2.28. The quantitative estimate of drug-likeness (QED) is 0.634. The zero-order valence-corrected chi connectivity index (χ0v) is 15.3. The van der Waals surface area contributed by atoms with Crippen molar-refractivity contribution in [2.24, 2.45) is 0 Å². The van der Waals surface area contributed by atoms with Gasteiger partial charge in [0.1, 0.15) is 0 Å². The fourth-order valence-corrected chi connectivity index (χ4v) is 5.60. The minimum Gasteiger partial charge on any atom is -0.317 e. The molecular formula is C18H20N2O3S2. The lowest BCUT2D eigenvalue weighted by Crippen LogP contribution is -2.24. The number of hydrogen-bond acceptors (Lipinski definition) is 5. The van der Waals surface area contributed by atoms with Gasteiger partial charge in [-0.1, -0.05) is 30.3 Å². The van der Waals surface area contributed by atoms with Gasteiger partial charge in [-0.05, 0) is 53.6 Å². The largest absolute Gasteiger partial charge is 0.317 e. The van der Waals surface area contributed by atoms with E-state index in [0.29, 0.717) is 25.2 Å². The summed E-state index contributed by atoms with van der Waals surface area (Å²) in [4.78, 5) is 0. The summed E-state index contributed by atoms with van der Waals surface area (Å²) in [5.74, 6) is 0.229. The van der Waals surface area contributed by atoms with E-state index in [1.165, 1.54) is 15.4 Å². The van der Waals surface area contributed by atoms with Gasteiger partial charge < -0.3 is 4.55 Å². The number of hydrogen-bond donors (Lipinski definition) is 2. The molecule has 5 nitrogen and oxygen atoms in total. The first-order valence-electron chi connectivity index (χ1n) is 8.35. The van der Waals surface area contributed by atoms with E-state index in [4.69, 9.17) is 4.55 Å². The highest BCUT2D eigenvalue weighted by molar-refractivity contribution is 7.93. The molecule has 1 unspecified atom stereocenters. The second-order valence-electron chi connectivity index (χ2n) is 6.59. The summed E-state index contributed by atoms with van der Waals surface area (Å²) >= 11 is 0.674. The molecule has 2 aliphatic rings. The van der Waals surface area contributed by atoms with Gasteiger partial charge in [0.15, 0.2) is 0 Å². The molecule has 0 aromatic heterocycles. The molecule has 1 atom stereocenters. The molecule has 0 saturated carbocycles. The monoisotopic (exact) mass is 376 g/mol. The van der Waals surface area contributed by atoms with Crippen molar-refractivity contribution in [3.63, 3.8) is 0 Å². The highest BCUT2D eigenvalue weighted by Crippen LogP contribution is 2.32. The molecule has 132 valence electrons. The Labute approximate surface area is 152 Å². The average molecular weight is 377 g/mol. The first-order chi connectivity index (χ1) is 12.1. The summed E-state index contributed by atoms with van der Waals surface area (Å²) in [6.45, 7) is 0.558. The third-order valence-corrected chi connectivity index (χ3v) is 7.23. The van der Waals surface area contributed by atoms with Crippen LogP contribution in [0, 0.1) is 0 Å². The van der Waals surface area contributed by atoms with Gasteiger partial charge in [0, 0.05) is 12.6 Å². The Kier molecular flexibility index (Phi) is 4.49. The van der Waals surface area contributed by atoms with Crippen molar-refractivity contribution in [1.82, 2.24) is 4.72 Å². The molecule has 0 spiro atoms. The van der Waals surface area contributed by atoms with Gasteiger partial charge in [-0.25, -0.2) is 13.1 Å². The van der Waals surface area contributed by atoms with Crippen molar-refractivity contribution < 1.29 is 13.0 Å². The van der Waals surface area contributed by atoms with Gasteiger partial charge in [0.2, 0.25) is 10.0 Å². The Bertz CT molecular complexity index is 899. The van der Waals surface area contributed by atoms with Gasteiger partial charge in [-0.2, -0.15) is 0 Å². The van der Waals surface area contributed by atoms with Gasteiger partial charge >= 0.3 is 0 Å². The maximum absolute atomic E-state index is 12.2. The van der Waals surface area contributed by atoms with Crippen LogP contribution >= 0.6 is 12.2 Å². The molecule has 1 aliphatic carbocycles. The standard InChI is InChI=1S/C18H20N2O3S2/c21-24-19-17-10-15-6-5-14(9-16(15)11-17)13-3-1-4-18(12-13)20-7-2-8-25(20,22)23/h1,3-6,9,12,17,19,21H,2,7-8,10-11H2. The van der Waals surface area contributed by atoms with Crippen molar-refractivity contribution in [1.29, 1.82) is 0 Å². The summed E-state index contributed by atoms with van der Waals surface area (Å²) in [5.41, 5.74) is 5.44. The van der Waals surface area contributed by atoms with E-state index in [2.05, 4.69) is 22.9 Å². The first kappa shape index (κ1) is 16.9. The molecule has 0 amide bonds. The molecule has 2 aromatic rings. The second kappa shape index (κ2) is 6.64. The topological polar surface area (TPSA) is 69.6 Å². The molecule has 4 rings (SSSR count). The number of anilines is 1. The zero-order valence-electron chi connectivity index (χ0n) is 13.7. The summed E-state index contributed by atoms with van der Waals surface area (Å²) in [5, 5.41) is 0. The summed E-state index contributed by atoms with van der Waals surface area (Å²) in [7, 11) is -3.16. The molecule has 0 radical (unpaired) electrons. The van der Waals surface area contributed by atoms with Gasteiger partial charge in [-0.15, -0.1) is 0 Å². The molecule has 2 aromatic carbocycles.